The van der Waals surface area contributed by atoms with E-state index in [0.29, 0.717) is 18.2 Å². The predicted molar refractivity (Wildman–Crippen MR) is 68.1 cm³/mol. The van der Waals surface area contributed by atoms with E-state index in [2.05, 4.69) is 4.90 Å². The molecule has 2 heteroatoms. The van der Waals surface area contributed by atoms with Crippen LogP contribution in [-0.4, -0.2) is 29.8 Å². The van der Waals surface area contributed by atoms with Crippen LogP contribution < -0.4 is 0 Å². The fraction of sp³-hybridized carbons (Fsp3) is 0.533. The zero-order valence-corrected chi connectivity index (χ0v) is 10.1. The lowest BCUT2D eigenvalue weighted by Gasteiger charge is -2.45. The largest absolute Gasteiger partial charge is 0.300 e. The van der Waals surface area contributed by atoms with Crippen molar-refractivity contribution in [1.82, 2.24) is 4.90 Å². The van der Waals surface area contributed by atoms with Crippen molar-refractivity contribution in [1.29, 1.82) is 0 Å². The second kappa shape index (κ2) is 4.61. The third kappa shape index (κ3) is 2.27. The molecule has 1 aromatic rings. The Balaban J connectivity index is 1.66. The van der Waals surface area contributed by atoms with Gasteiger partial charge in [0, 0.05) is 18.0 Å². The fourth-order valence-electron chi connectivity index (χ4n) is 3.26. The van der Waals surface area contributed by atoms with Crippen molar-refractivity contribution >= 4 is 5.78 Å². The van der Waals surface area contributed by atoms with Crippen LogP contribution in [0.3, 0.4) is 0 Å². The van der Waals surface area contributed by atoms with Crippen molar-refractivity contribution in [3.05, 3.63) is 35.9 Å². The summed E-state index contributed by atoms with van der Waals surface area (Å²) in [7, 11) is 0. The molecule has 17 heavy (non-hydrogen) atoms. The van der Waals surface area contributed by atoms with E-state index in [0.717, 1.165) is 11.5 Å². The van der Waals surface area contributed by atoms with Crippen molar-refractivity contribution in [3.8, 4) is 0 Å². The summed E-state index contributed by atoms with van der Waals surface area (Å²) in [6.07, 6.45) is 4.63. The number of benzene rings is 1. The maximum absolute atomic E-state index is 12.2. The summed E-state index contributed by atoms with van der Waals surface area (Å²) in [6, 6.07) is 10.2. The SMILES string of the molecule is O=C(CC1CC2CCN1CC2)c1ccccc1. The molecule has 3 fully saturated rings. The molecule has 3 aliphatic rings. The Bertz CT molecular complexity index is 393. The highest BCUT2D eigenvalue weighted by Gasteiger charge is 2.34. The Labute approximate surface area is 103 Å². The van der Waals surface area contributed by atoms with Crippen LogP contribution in [0, 0.1) is 5.92 Å². The van der Waals surface area contributed by atoms with Gasteiger partial charge in [0.2, 0.25) is 0 Å². The normalized spacial score (nSPS) is 31.4. The van der Waals surface area contributed by atoms with E-state index in [1.165, 1.54) is 32.4 Å². The number of hydrogen-bond acceptors (Lipinski definition) is 2. The van der Waals surface area contributed by atoms with Crippen LogP contribution in [0.1, 0.15) is 36.0 Å². The second-order valence-corrected chi connectivity index (χ2v) is 5.36. The van der Waals surface area contributed by atoms with Crippen LogP contribution >= 0.6 is 0 Å². The first kappa shape index (κ1) is 11.0. The average Bonchev–Trinajstić information content (AvgIpc) is 2.41. The van der Waals surface area contributed by atoms with Crippen LogP contribution in [0.15, 0.2) is 30.3 Å². The van der Waals surface area contributed by atoms with E-state index in [1.54, 1.807) is 0 Å². The maximum atomic E-state index is 12.2. The molecule has 3 aliphatic heterocycles. The standard InChI is InChI=1S/C15H19NO/c17-15(13-4-2-1-3-5-13)11-14-10-12-6-8-16(14)9-7-12/h1-5,12,14H,6-11H2. The van der Waals surface area contributed by atoms with Gasteiger partial charge in [0.25, 0.3) is 0 Å². The molecule has 0 spiro atoms. The summed E-state index contributed by atoms with van der Waals surface area (Å²) in [5, 5.41) is 0. The first-order valence-corrected chi connectivity index (χ1v) is 6.65. The van der Waals surface area contributed by atoms with Gasteiger partial charge in [-0.1, -0.05) is 30.3 Å². The first-order chi connectivity index (χ1) is 8.33. The van der Waals surface area contributed by atoms with Gasteiger partial charge >= 0.3 is 0 Å². The second-order valence-electron chi connectivity index (χ2n) is 5.36. The number of fused-ring (bicyclic) bond motifs is 3. The van der Waals surface area contributed by atoms with Crippen molar-refractivity contribution in [2.75, 3.05) is 13.1 Å². The zero-order chi connectivity index (χ0) is 11.7. The van der Waals surface area contributed by atoms with Gasteiger partial charge < -0.3 is 0 Å². The highest BCUT2D eigenvalue weighted by molar-refractivity contribution is 5.96. The molecule has 0 radical (unpaired) electrons. The number of ketones is 1. The van der Waals surface area contributed by atoms with Crippen LogP contribution in [0.2, 0.25) is 0 Å². The average molecular weight is 229 g/mol. The smallest absolute Gasteiger partial charge is 0.164 e. The van der Waals surface area contributed by atoms with E-state index in [4.69, 9.17) is 0 Å². The first-order valence-electron chi connectivity index (χ1n) is 6.65. The highest BCUT2D eigenvalue weighted by Crippen LogP contribution is 2.33. The van der Waals surface area contributed by atoms with Gasteiger partial charge in [0.1, 0.15) is 0 Å². The van der Waals surface area contributed by atoms with Gasteiger partial charge in [0.15, 0.2) is 5.78 Å². The molecule has 4 rings (SSSR count). The minimum absolute atomic E-state index is 0.308. The van der Waals surface area contributed by atoms with E-state index in [9.17, 15) is 4.79 Å². The Morgan fingerprint density at radius 1 is 1.18 bits per heavy atom. The molecule has 2 nitrogen and oxygen atoms in total. The fourth-order valence-corrected chi connectivity index (χ4v) is 3.26. The molecule has 0 amide bonds. The highest BCUT2D eigenvalue weighted by atomic mass is 16.1. The lowest BCUT2D eigenvalue weighted by atomic mass is 9.81. The number of piperidine rings is 3. The maximum Gasteiger partial charge on any atom is 0.164 e. The summed E-state index contributed by atoms with van der Waals surface area (Å²) >= 11 is 0. The molecule has 0 aromatic heterocycles. The summed E-state index contributed by atoms with van der Waals surface area (Å²) in [5.41, 5.74) is 0.871. The monoisotopic (exact) mass is 229 g/mol. The number of rotatable bonds is 3. The molecule has 3 saturated heterocycles. The summed E-state index contributed by atoms with van der Waals surface area (Å²) in [4.78, 5) is 14.7. The number of Topliss-reactive ketones (excluding diaryl/α,β-unsaturated/α-hetero) is 1. The van der Waals surface area contributed by atoms with Crippen molar-refractivity contribution in [2.45, 2.75) is 31.7 Å². The van der Waals surface area contributed by atoms with Gasteiger partial charge in [-0.15, -0.1) is 0 Å². The Hall–Kier alpha value is -1.15. The zero-order valence-electron chi connectivity index (χ0n) is 10.1. The predicted octanol–water partition coefficient (Wildman–Crippen LogP) is 2.74. The third-order valence-electron chi connectivity index (χ3n) is 4.29. The third-order valence-corrected chi connectivity index (χ3v) is 4.29. The van der Waals surface area contributed by atoms with Crippen LogP contribution in [0.25, 0.3) is 0 Å². The number of hydrogen-bond donors (Lipinski definition) is 0. The van der Waals surface area contributed by atoms with Gasteiger partial charge in [-0.05, 0) is 38.3 Å². The van der Waals surface area contributed by atoms with Crippen LogP contribution in [-0.2, 0) is 0 Å². The topological polar surface area (TPSA) is 20.3 Å². The molecular weight excluding hydrogens is 210 g/mol. The number of carbonyl (C=O) groups excluding carboxylic acids is 1. The van der Waals surface area contributed by atoms with Crippen molar-refractivity contribution in [2.24, 2.45) is 5.92 Å². The summed E-state index contributed by atoms with van der Waals surface area (Å²) < 4.78 is 0. The molecular formula is C15H19NO. The van der Waals surface area contributed by atoms with Gasteiger partial charge in [0.05, 0.1) is 0 Å². The molecule has 0 N–H and O–H groups in total. The molecule has 3 heterocycles. The van der Waals surface area contributed by atoms with Crippen molar-refractivity contribution < 1.29 is 4.79 Å². The Morgan fingerprint density at radius 3 is 2.47 bits per heavy atom. The van der Waals surface area contributed by atoms with Gasteiger partial charge in [-0.3, -0.25) is 9.69 Å². The number of nitrogens with zero attached hydrogens (tertiary/aromatic N) is 1. The van der Waals surface area contributed by atoms with E-state index in [-0.39, 0.29) is 0 Å². The Kier molecular flexibility index (Phi) is 2.98. The van der Waals surface area contributed by atoms with Crippen LogP contribution in [0.5, 0.6) is 0 Å². The quantitative estimate of drug-likeness (QED) is 0.743. The minimum Gasteiger partial charge on any atom is -0.300 e. The summed E-state index contributed by atoms with van der Waals surface area (Å²) in [6.45, 7) is 2.41. The van der Waals surface area contributed by atoms with Crippen LogP contribution in [0.4, 0.5) is 0 Å². The van der Waals surface area contributed by atoms with E-state index in [1.807, 2.05) is 30.3 Å². The molecule has 1 unspecified atom stereocenters. The molecule has 0 aliphatic carbocycles. The van der Waals surface area contributed by atoms with Gasteiger partial charge in [-0.25, -0.2) is 0 Å². The molecule has 1 atom stereocenters. The van der Waals surface area contributed by atoms with E-state index >= 15 is 0 Å². The van der Waals surface area contributed by atoms with Crippen molar-refractivity contribution in [3.63, 3.8) is 0 Å². The lowest BCUT2D eigenvalue weighted by Crippen LogP contribution is -2.49. The lowest BCUT2D eigenvalue weighted by molar-refractivity contribution is 0.0428. The number of carbonyl (C=O) groups is 1. The summed E-state index contributed by atoms with van der Waals surface area (Å²) in [5.74, 6) is 1.19. The van der Waals surface area contributed by atoms with E-state index < -0.39 is 0 Å². The molecule has 0 saturated carbocycles. The Morgan fingerprint density at radius 2 is 1.88 bits per heavy atom. The molecule has 90 valence electrons. The van der Waals surface area contributed by atoms with Gasteiger partial charge in [-0.2, -0.15) is 0 Å². The molecule has 2 bridgehead atoms. The minimum atomic E-state index is 0.308. The molecule has 1 aromatic carbocycles.